The Balaban J connectivity index is 1.88. The highest BCUT2D eigenvalue weighted by Gasteiger charge is 2.40. The number of rotatable bonds is 6. The van der Waals surface area contributed by atoms with E-state index in [0.717, 1.165) is 13.1 Å². The lowest BCUT2D eigenvalue weighted by Gasteiger charge is -2.39. The molecule has 0 heterocycles. The van der Waals surface area contributed by atoms with Gasteiger partial charge in [-0.25, -0.2) is 0 Å². The van der Waals surface area contributed by atoms with Gasteiger partial charge >= 0.3 is 5.97 Å². The summed E-state index contributed by atoms with van der Waals surface area (Å²) >= 11 is 0. The molecule has 2 aliphatic rings. The summed E-state index contributed by atoms with van der Waals surface area (Å²) in [6.45, 7) is 6.18. The van der Waals surface area contributed by atoms with Gasteiger partial charge in [-0.1, -0.05) is 13.8 Å². The van der Waals surface area contributed by atoms with Crippen LogP contribution in [0.2, 0.25) is 0 Å². The largest absolute Gasteiger partial charge is 0.481 e. The van der Waals surface area contributed by atoms with E-state index >= 15 is 0 Å². The minimum absolute atomic E-state index is 0.250. The molecule has 0 unspecified atom stereocenters. The smallest absolute Gasteiger partial charge is 0.306 e. The fraction of sp³-hybridized carbons (Fsp3) is 0.933. The van der Waals surface area contributed by atoms with Gasteiger partial charge in [-0.2, -0.15) is 0 Å². The van der Waals surface area contributed by atoms with Crippen LogP contribution in [0, 0.1) is 11.8 Å². The lowest BCUT2D eigenvalue weighted by Crippen LogP contribution is -2.48. The molecule has 0 atom stereocenters. The molecule has 110 valence electrons. The highest BCUT2D eigenvalue weighted by molar-refractivity contribution is 5.70. The number of hydrogen-bond acceptors (Lipinski definition) is 3. The van der Waals surface area contributed by atoms with E-state index in [2.05, 4.69) is 18.7 Å². The lowest BCUT2D eigenvalue weighted by atomic mass is 9.78. The Morgan fingerprint density at radius 3 is 2.26 bits per heavy atom. The standard InChI is InChI=1S/C15H27NO3/c1-11(2)9-16(13-3-4-13)10-15(19)7-5-12(6-8-15)14(17)18/h11-13,19H,3-10H2,1-2H3,(H,17,18). The summed E-state index contributed by atoms with van der Waals surface area (Å²) in [5.41, 5.74) is -0.663. The molecule has 4 nitrogen and oxygen atoms in total. The highest BCUT2D eigenvalue weighted by atomic mass is 16.4. The summed E-state index contributed by atoms with van der Waals surface area (Å²) in [5, 5.41) is 19.7. The molecular weight excluding hydrogens is 242 g/mol. The SMILES string of the molecule is CC(C)CN(CC1(O)CCC(C(=O)O)CC1)C1CC1. The zero-order valence-corrected chi connectivity index (χ0v) is 12.1. The lowest BCUT2D eigenvalue weighted by molar-refractivity contribution is -0.145. The maximum atomic E-state index is 11.0. The van der Waals surface area contributed by atoms with Crippen molar-refractivity contribution < 1.29 is 15.0 Å². The minimum atomic E-state index is -0.705. The van der Waals surface area contributed by atoms with Crippen molar-refractivity contribution >= 4 is 5.97 Å². The van der Waals surface area contributed by atoms with Gasteiger partial charge in [-0.15, -0.1) is 0 Å². The molecular formula is C15H27NO3. The monoisotopic (exact) mass is 269 g/mol. The number of aliphatic carboxylic acids is 1. The Kier molecular flexibility index (Phi) is 4.51. The van der Waals surface area contributed by atoms with Crippen LogP contribution in [0.3, 0.4) is 0 Å². The third-order valence-electron chi connectivity index (χ3n) is 4.43. The summed E-state index contributed by atoms with van der Waals surface area (Å²) in [5.74, 6) is -0.345. The Labute approximate surface area is 115 Å². The Morgan fingerprint density at radius 2 is 1.84 bits per heavy atom. The van der Waals surface area contributed by atoms with Crippen LogP contribution in [-0.4, -0.2) is 45.8 Å². The molecule has 19 heavy (non-hydrogen) atoms. The van der Waals surface area contributed by atoms with E-state index in [1.165, 1.54) is 12.8 Å². The van der Waals surface area contributed by atoms with Crippen LogP contribution in [-0.2, 0) is 4.79 Å². The summed E-state index contributed by atoms with van der Waals surface area (Å²) in [4.78, 5) is 13.4. The van der Waals surface area contributed by atoms with E-state index in [-0.39, 0.29) is 5.92 Å². The average Bonchev–Trinajstić information content (AvgIpc) is 3.11. The third kappa shape index (κ3) is 4.18. The third-order valence-corrected chi connectivity index (χ3v) is 4.43. The van der Waals surface area contributed by atoms with Crippen molar-refractivity contribution in [3.63, 3.8) is 0 Å². The Bertz CT molecular complexity index is 317. The van der Waals surface area contributed by atoms with Crippen LogP contribution in [0.5, 0.6) is 0 Å². The van der Waals surface area contributed by atoms with Crippen LogP contribution in [0.4, 0.5) is 0 Å². The van der Waals surface area contributed by atoms with Crippen LogP contribution >= 0.6 is 0 Å². The second-order valence-electron chi connectivity index (χ2n) is 6.89. The van der Waals surface area contributed by atoms with Gasteiger partial charge in [0.2, 0.25) is 0 Å². The second-order valence-corrected chi connectivity index (χ2v) is 6.89. The number of nitrogens with zero attached hydrogens (tertiary/aromatic N) is 1. The van der Waals surface area contributed by atoms with E-state index in [1.54, 1.807) is 0 Å². The molecule has 0 radical (unpaired) electrons. The van der Waals surface area contributed by atoms with Crippen LogP contribution in [0.1, 0.15) is 52.4 Å². The predicted octanol–water partition coefficient (Wildman–Crippen LogP) is 2.11. The van der Waals surface area contributed by atoms with Crippen molar-refractivity contribution in [2.75, 3.05) is 13.1 Å². The minimum Gasteiger partial charge on any atom is -0.481 e. The van der Waals surface area contributed by atoms with Crippen molar-refractivity contribution in [3.05, 3.63) is 0 Å². The summed E-state index contributed by atoms with van der Waals surface area (Å²) < 4.78 is 0. The van der Waals surface area contributed by atoms with Gasteiger partial charge < -0.3 is 10.2 Å². The zero-order chi connectivity index (χ0) is 14.0. The van der Waals surface area contributed by atoms with Crippen molar-refractivity contribution in [1.82, 2.24) is 4.90 Å². The highest BCUT2D eigenvalue weighted by Crippen LogP contribution is 2.36. The number of hydrogen-bond donors (Lipinski definition) is 2. The van der Waals surface area contributed by atoms with Gasteiger partial charge in [0.25, 0.3) is 0 Å². The van der Waals surface area contributed by atoms with E-state index in [0.29, 0.717) is 37.6 Å². The van der Waals surface area contributed by atoms with Gasteiger partial charge in [0, 0.05) is 19.1 Å². The second kappa shape index (κ2) is 5.80. The molecule has 2 rings (SSSR count). The molecule has 0 amide bonds. The quantitative estimate of drug-likeness (QED) is 0.775. The molecule has 0 aromatic carbocycles. The zero-order valence-electron chi connectivity index (χ0n) is 12.1. The normalized spacial score (nSPS) is 31.9. The number of aliphatic hydroxyl groups is 1. The number of carbonyl (C=O) groups is 1. The van der Waals surface area contributed by atoms with E-state index in [1.807, 2.05) is 0 Å². The predicted molar refractivity (Wildman–Crippen MR) is 74.0 cm³/mol. The summed E-state index contributed by atoms with van der Waals surface area (Å²) in [6, 6.07) is 0.656. The Hall–Kier alpha value is -0.610. The maximum absolute atomic E-state index is 11.0. The van der Waals surface area contributed by atoms with Gasteiger partial charge in [0.05, 0.1) is 11.5 Å². The van der Waals surface area contributed by atoms with Crippen LogP contribution < -0.4 is 0 Å². The fourth-order valence-corrected chi connectivity index (χ4v) is 3.19. The molecule has 4 heteroatoms. The molecule has 0 bridgehead atoms. The first-order valence-electron chi connectivity index (χ1n) is 7.59. The van der Waals surface area contributed by atoms with Crippen molar-refractivity contribution in [2.45, 2.75) is 64.0 Å². The molecule has 2 saturated carbocycles. The van der Waals surface area contributed by atoms with Gasteiger partial charge in [0.15, 0.2) is 0 Å². The molecule has 0 aliphatic heterocycles. The van der Waals surface area contributed by atoms with Gasteiger partial charge in [0.1, 0.15) is 0 Å². The van der Waals surface area contributed by atoms with E-state index in [4.69, 9.17) is 5.11 Å². The fourth-order valence-electron chi connectivity index (χ4n) is 3.19. The molecule has 0 aromatic rings. The molecule has 2 fully saturated rings. The van der Waals surface area contributed by atoms with Crippen LogP contribution in [0.15, 0.2) is 0 Å². The average molecular weight is 269 g/mol. The van der Waals surface area contributed by atoms with E-state index in [9.17, 15) is 9.90 Å². The summed E-state index contributed by atoms with van der Waals surface area (Å²) in [6.07, 6.45) is 5.00. The van der Waals surface area contributed by atoms with Gasteiger partial charge in [-0.05, 0) is 44.4 Å². The first-order chi connectivity index (χ1) is 8.89. The van der Waals surface area contributed by atoms with Gasteiger partial charge in [-0.3, -0.25) is 9.69 Å². The first-order valence-corrected chi connectivity index (χ1v) is 7.59. The van der Waals surface area contributed by atoms with Crippen molar-refractivity contribution in [2.24, 2.45) is 11.8 Å². The molecule has 2 N–H and O–H groups in total. The van der Waals surface area contributed by atoms with Crippen molar-refractivity contribution in [3.8, 4) is 0 Å². The number of carboxylic acids is 1. The van der Waals surface area contributed by atoms with E-state index < -0.39 is 11.6 Å². The number of carboxylic acid groups (broad SMARTS) is 1. The van der Waals surface area contributed by atoms with Crippen molar-refractivity contribution in [1.29, 1.82) is 0 Å². The first kappa shape index (κ1) is 14.8. The summed E-state index contributed by atoms with van der Waals surface area (Å²) in [7, 11) is 0. The Morgan fingerprint density at radius 1 is 1.26 bits per heavy atom. The molecule has 0 saturated heterocycles. The molecule has 2 aliphatic carbocycles. The topological polar surface area (TPSA) is 60.8 Å². The molecule has 0 spiro atoms. The maximum Gasteiger partial charge on any atom is 0.306 e. The molecule has 0 aromatic heterocycles. The van der Waals surface area contributed by atoms with Crippen LogP contribution in [0.25, 0.3) is 0 Å².